The molecule has 3 amide bonds. The Kier molecular flexibility index (Phi) is 10.5. The SMILES string of the molecule is Cc1cccc(NC(=O)C(Sc2ccc(NC(=O)/C(=C/c3cccc(Cl)c3)NC(=O)c3ccccc3)cc2)c2ccccc2)c1. The molecule has 0 aromatic heterocycles. The van der Waals surface area contributed by atoms with Crippen molar-refractivity contribution in [3.8, 4) is 0 Å². The molecule has 1 atom stereocenters. The van der Waals surface area contributed by atoms with E-state index in [1.807, 2.05) is 79.7 Å². The number of hydrogen-bond donors (Lipinski definition) is 3. The zero-order valence-electron chi connectivity index (χ0n) is 24.4. The van der Waals surface area contributed by atoms with Gasteiger partial charge in [-0.2, -0.15) is 0 Å². The van der Waals surface area contributed by atoms with Crippen molar-refractivity contribution in [2.45, 2.75) is 17.1 Å². The minimum atomic E-state index is -0.507. The third kappa shape index (κ3) is 8.95. The van der Waals surface area contributed by atoms with Crippen LogP contribution < -0.4 is 16.0 Å². The van der Waals surface area contributed by atoms with Gasteiger partial charge in [-0.05, 0) is 90.4 Å². The number of nitrogens with one attached hydrogen (secondary N) is 3. The monoisotopic (exact) mass is 631 g/mol. The molecule has 8 heteroatoms. The van der Waals surface area contributed by atoms with Gasteiger partial charge in [-0.1, -0.05) is 84.4 Å². The maximum atomic E-state index is 13.4. The molecule has 5 rings (SSSR count). The van der Waals surface area contributed by atoms with E-state index in [0.717, 1.165) is 21.7 Å². The standard InChI is InChI=1S/C37H30ClN3O3S/c1-25-10-8-17-31(22-25)40-37(44)34(27-12-4-2-5-13-27)45-32-20-18-30(19-21-32)39-36(43)33(24-26-11-9-16-29(38)23-26)41-35(42)28-14-6-3-7-15-28/h2-24,34H,1H3,(H,39,43)(H,40,44)(H,41,42)/b33-24-. The average Bonchev–Trinajstić information content (AvgIpc) is 3.05. The maximum absolute atomic E-state index is 13.4. The summed E-state index contributed by atoms with van der Waals surface area (Å²) in [6.07, 6.45) is 1.57. The third-order valence-corrected chi connectivity index (χ3v) is 8.18. The Balaban J connectivity index is 1.33. The summed E-state index contributed by atoms with van der Waals surface area (Å²) in [5.74, 6) is -1.06. The number of carbonyl (C=O) groups is 3. The van der Waals surface area contributed by atoms with Gasteiger partial charge in [0.15, 0.2) is 0 Å². The van der Waals surface area contributed by atoms with Crippen LogP contribution in [0, 0.1) is 6.92 Å². The van der Waals surface area contributed by atoms with Crippen molar-refractivity contribution in [3.05, 3.63) is 166 Å². The second-order valence-corrected chi connectivity index (χ2v) is 11.8. The van der Waals surface area contributed by atoms with E-state index in [4.69, 9.17) is 11.6 Å². The first-order valence-electron chi connectivity index (χ1n) is 14.2. The smallest absolute Gasteiger partial charge is 0.272 e. The second-order valence-electron chi connectivity index (χ2n) is 10.2. The molecule has 0 aliphatic carbocycles. The van der Waals surface area contributed by atoms with Gasteiger partial charge in [-0.3, -0.25) is 14.4 Å². The Morgan fingerprint density at radius 2 is 1.40 bits per heavy atom. The molecule has 0 radical (unpaired) electrons. The van der Waals surface area contributed by atoms with Crippen LogP contribution in [0.5, 0.6) is 0 Å². The molecule has 0 spiro atoms. The van der Waals surface area contributed by atoms with Gasteiger partial charge in [-0.15, -0.1) is 11.8 Å². The second kappa shape index (κ2) is 15.1. The average molecular weight is 632 g/mol. The number of aryl methyl sites for hydroxylation is 1. The quantitative estimate of drug-likeness (QED) is 0.106. The molecule has 5 aromatic rings. The van der Waals surface area contributed by atoms with Gasteiger partial charge in [0, 0.05) is 26.9 Å². The Bertz CT molecular complexity index is 1830. The number of hydrogen-bond acceptors (Lipinski definition) is 4. The summed E-state index contributed by atoms with van der Waals surface area (Å²) < 4.78 is 0. The highest BCUT2D eigenvalue weighted by molar-refractivity contribution is 8.00. The van der Waals surface area contributed by atoms with Gasteiger partial charge >= 0.3 is 0 Å². The van der Waals surface area contributed by atoms with Crippen molar-refractivity contribution in [1.29, 1.82) is 0 Å². The molecule has 1 unspecified atom stereocenters. The molecular weight excluding hydrogens is 602 g/mol. The molecular formula is C37H30ClN3O3S. The van der Waals surface area contributed by atoms with Gasteiger partial charge in [0.2, 0.25) is 5.91 Å². The summed E-state index contributed by atoms with van der Waals surface area (Å²) in [7, 11) is 0. The molecule has 0 bridgehead atoms. The third-order valence-electron chi connectivity index (χ3n) is 6.68. The number of amides is 3. The van der Waals surface area contributed by atoms with E-state index in [2.05, 4.69) is 16.0 Å². The number of anilines is 2. The van der Waals surface area contributed by atoms with Crippen molar-refractivity contribution in [2.24, 2.45) is 0 Å². The van der Waals surface area contributed by atoms with Crippen LogP contribution in [-0.2, 0) is 9.59 Å². The number of thioether (sulfide) groups is 1. The molecule has 224 valence electrons. The first-order valence-corrected chi connectivity index (χ1v) is 15.4. The Morgan fingerprint density at radius 3 is 2.09 bits per heavy atom. The van der Waals surface area contributed by atoms with Crippen LogP contribution >= 0.6 is 23.4 Å². The predicted octanol–water partition coefficient (Wildman–Crippen LogP) is 8.53. The van der Waals surface area contributed by atoms with E-state index in [9.17, 15) is 14.4 Å². The maximum Gasteiger partial charge on any atom is 0.272 e. The van der Waals surface area contributed by atoms with Gasteiger partial charge in [0.25, 0.3) is 11.8 Å². The van der Waals surface area contributed by atoms with E-state index in [-0.39, 0.29) is 11.6 Å². The first kappa shape index (κ1) is 31.3. The normalized spacial score (nSPS) is 11.7. The molecule has 0 aliphatic rings. The lowest BCUT2D eigenvalue weighted by Crippen LogP contribution is -2.30. The van der Waals surface area contributed by atoms with Crippen LogP contribution in [0.1, 0.15) is 32.3 Å². The lowest BCUT2D eigenvalue weighted by atomic mass is 10.1. The molecule has 5 aromatic carbocycles. The molecule has 0 fully saturated rings. The molecule has 0 heterocycles. The molecule has 0 aliphatic heterocycles. The number of halogens is 1. The van der Waals surface area contributed by atoms with E-state index >= 15 is 0 Å². The fraction of sp³-hybridized carbons (Fsp3) is 0.0541. The minimum Gasteiger partial charge on any atom is -0.325 e. The molecule has 45 heavy (non-hydrogen) atoms. The van der Waals surface area contributed by atoms with E-state index in [0.29, 0.717) is 21.8 Å². The zero-order chi connectivity index (χ0) is 31.6. The van der Waals surface area contributed by atoms with Crippen LogP contribution in [0.2, 0.25) is 5.02 Å². The van der Waals surface area contributed by atoms with Crippen LogP contribution in [0.3, 0.4) is 0 Å². The van der Waals surface area contributed by atoms with E-state index in [1.165, 1.54) is 11.8 Å². The van der Waals surface area contributed by atoms with Gasteiger partial charge in [-0.25, -0.2) is 0 Å². The van der Waals surface area contributed by atoms with Gasteiger partial charge in [0.05, 0.1) is 0 Å². The lowest BCUT2D eigenvalue weighted by Gasteiger charge is -2.18. The molecule has 0 saturated heterocycles. The summed E-state index contributed by atoms with van der Waals surface area (Å²) in [6.45, 7) is 1.98. The topological polar surface area (TPSA) is 87.3 Å². The molecule has 6 nitrogen and oxygen atoms in total. The van der Waals surface area contributed by atoms with E-state index in [1.54, 1.807) is 66.7 Å². The van der Waals surface area contributed by atoms with Gasteiger partial charge < -0.3 is 16.0 Å². The number of rotatable bonds is 10. The zero-order valence-corrected chi connectivity index (χ0v) is 25.9. The minimum absolute atomic E-state index is 0.0570. The van der Waals surface area contributed by atoms with Crippen LogP contribution in [0.4, 0.5) is 11.4 Å². The first-order chi connectivity index (χ1) is 21.8. The van der Waals surface area contributed by atoms with Crippen molar-refractivity contribution in [1.82, 2.24) is 5.32 Å². The van der Waals surface area contributed by atoms with E-state index < -0.39 is 17.1 Å². The van der Waals surface area contributed by atoms with Crippen LogP contribution in [0.15, 0.2) is 144 Å². The summed E-state index contributed by atoms with van der Waals surface area (Å²) >= 11 is 7.56. The van der Waals surface area contributed by atoms with Crippen molar-refractivity contribution >= 4 is 58.5 Å². The summed E-state index contributed by atoms with van der Waals surface area (Å²) in [6, 6.07) is 40.1. The van der Waals surface area contributed by atoms with Crippen LogP contribution in [-0.4, -0.2) is 17.7 Å². The Morgan fingerprint density at radius 1 is 0.711 bits per heavy atom. The van der Waals surface area contributed by atoms with Gasteiger partial charge in [0.1, 0.15) is 10.9 Å². The molecule has 0 saturated carbocycles. The van der Waals surface area contributed by atoms with Crippen molar-refractivity contribution in [2.75, 3.05) is 10.6 Å². The highest BCUT2D eigenvalue weighted by atomic mass is 35.5. The Labute approximate surface area is 271 Å². The number of carbonyl (C=O) groups excluding carboxylic acids is 3. The Hall–Kier alpha value is -5.11. The summed E-state index contributed by atoms with van der Waals surface area (Å²) in [5, 5.41) is 8.63. The predicted molar refractivity (Wildman–Crippen MR) is 183 cm³/mol. The largest absolute Gasteiger partial charge is 0.325 e. The number of benzene rings is 5. The lowest BCUT2D eigenvalue weighted by molar-refractivity contribution is -0.116. The molecule has 3 N–H and O–H groups in total. The van der Waals surface area contributed by atoms with Crippen molar-refractivity contribution in [3.63, 3.8) is 0 Å². The summed E-state index contributed by atoms with van der Waals surface area (Å²) in [4.78, 5) is 40.6. The fourth-order valence-electron chi connectivity index (χ4n) is 4.49. The summed E-state index contributed by atoms with van der Waals surface area (Å²) in [5.41, 5.74) is 4.32. The van der Waals surface area contributed by atoms with Crippen LogP contribution in [0.25, 0.3) is 6.08 Å². The highest BCUT2D eigenvalue weighted by Gasteiger charge is 2.22. The highest BCUT2D eigenvalue weighted by Crippen LogP contribution is 2.37. The fourth-order valence-corrected chi connectivity index (χ4v) is 5.71. The van der Waals surface area contributed by atoms with Crippen molar-refractivity contribution < 1.29 is 14.4 Å².